The molecule has 0 aliphatic heterocycles. The number of hydrogen-bond donors (Lipinski definition) is 2. The van der Waals surface area contributed by atoms with Crippen molar-refractivity contribution in [1.82, 2.24) is 0 Å². The molecule has 0 aliphatic carbocycles. The van der Waals surface area contributed by atoms with E-state index >= 15 is 0 Å². The Kier molecular flexibility index (Phi) is 4.95. The molecule has 0 bridgehead atoms. The molecule has 0 saturated carbocycles. The highest BCUT2D eigenvalue weighted by Crippen LogP contribution is 2.27. The minimum Gasteiger partial charge on any atom is -0.467 e. The Bertz CT molecular complexity index is 497. The number of nitrogens with one attached hydrogen (secondary N) is 1. The Labute approximate surface area is 110 Å². The number of methoxy groups -OCH3 is 1. The second kappa shape index (κ2) is 6.24. The summed E-state index contributed by atoms with van der Waals surface area (Å²) >= 11 is 6.00. The van der Waals surface area contributed by atoms with Gasteiger partial charge in [-0.3, -0.25) is 0 Å². The van der Waals surface area contributed by atoms with Gasteiger partial charge in [0.05, 0.1) is 24.3 Å². The van der Waals surface area contributed by atoms with E-state index in [0.29, 0.717) is 21.8 Å². The van der Waals surface area contributed by atoms with E-state index in [2.05, 4.69) is 10.1 Å². The SMILES string of the molecule is COC(=O)C(CO)Nc1ccc(C#N)c(Cl)c1C. The third kappa shape index (κ3) is 2.92. The first-order valence-corrected chi connectivity index (χ1v) is 5.57. The van der Waals surface area contributed by atoms with Gasteiger partial charge in [0, 0.05) is 5.69 Å². The average Bonchev–Trinajstić information content (AvgIpc) is 2.39. The Morgan fingerprint density at radius 3 is 2.83 bits per heavy atom. The van der Waals surface area contributed by atoms with Gasteiger partial charge in [-0.25, -0.2) is 4.79 Å². The maximum Gasteiger partial charge on any atom is 0.330 e. The molecule has 18 heavy (non-hydrogen) atoms. The fraction of sp³-hybridized carbons (Fsp3) is 0.333. The van der Waals surface area contributed by atoms with Crippen LogP contribution in [0.2, 0.25) is 5.02 Å². The van der Waals surface area contributed by atoms with Crippen molar-refractivity contribution in [2.45, 2.75) is 13.0 Å². The molecule has 96 valence electrons. The fourth-order valence-electron chi connectivity index (χ4n) is 1.44. The Morgan fingerprint density at radius 1 is 1.67 bits per heavy atom. The van der Waals surface area contributed by atoms with Gasteiger partial charge in [0.1, 0.15) is 12.1 Å². The third-order valence-corrected chi connectivity index (χ3v) is 2.99. The third-order valence-electron chi connectivity index (χ3n) is 2.50. The first-order valence-electron chi connectivity index (χ1n) is 5.19. The van der Waals surface area contributed by atoms with Crippen molar-refractivity contribution in [3.8, 4) is 6.07 Å². The van der Waals surface area contributed by atoms with Crippen LogP contribution in [0.1, 0.15) is 11.1 Å². The van der Waals surface area contributed by atoms with E-state index in [1.54, 1.807) is 19.1 Å². The van der Waals surface area contributed by atoms with Crippen LogP contribution < -0.4 is 5.32 Å². The van der Waals surface area contributed by atoms with Crippen molar-refractivity contribution in [2.75, 3.05) is 19.0 Å². The molecule has 6 heteroatoms. The molecule has 5 nitrogen and oxygen atoms in total. The van der Waals surface area contributed by atoms with Gasteiger partial charge < -0.3 is 15.2 Å². The molecule has 1 aromatic carbocycles. The second-order valence-corrected chi connectivity index (χ2v) is 3.99. The molecule has 0 spiro atoms. The van der Waals surface area contributed by atoms with E-state index < -0.39 is 18.6 Å². The number of anilines is 1. The number of halogens is 1. The van der Waals surface area contributed by atoms with Crippen LogP contribution in [-0.4, -0.2) is 30.8 Å². The molecule has 0 radical (unpaired) electrons. The van der Waals surface area contributed by atoms with Crippen LogP contribution in [0.3, 0.4) is 0 Å². The van der Waals surface area contributed by atoms with Crippen molar-refractivity contribution < 1.29 is 14.6 Å². The average molecular weight is 269 g/mol. The topological polar surface area (TPSA) is 82.3 Å². The number of hydrogen-bond acceptors (Lipinski definition) is 5. The second-order valence-electron chi connectivity index (χ2n) is 3.61. The van der Waals surface area contributed by atoms with Gasteiger partial charge in [-0.2, -0.15) is 5.26 Å². The molecule has 1 unspecified atom stereocenters. The van der Waals surface area contributed by atoms with E-state index in [4.69, 9.17) is 22.0 Å². The number of benzene rings is 1. The number of nitrogens with zero attached hydrogens (tertiary/aromatic N) is 1. The summed E-state index contributed by atoms with van der Waals surface area (Å²) in [6, 6.07) is 4.28. The minimum atomic E-state index is -0.863. The zero-order valence-electron chi connectivity index (χ0n) is 10.0. The summed E-state index contributed by atoms with van der Waals surface area (Å²) in [6.07, 6.45) is 0. The van der Waals surface area contributed by atoms with Crippen molar-refractivity contribution in [1.29, 1.82) is 5.26 Å². The predicted octanol–water partition coefficient (Wildman–Crippen LogP) is 1.47. The molecule has 0 heterocycles. The van der Waals surface area contributed by atoms with Gasteiger partial charge in [-0.15, -0.1) is 0 Å². The van der Waals surface area contributed by atoms with Crippen molar-refractivity contribution in [3.05, 3.63) is 28.3 Å². The molecule has 1 rings (SSSR count). The summed E-state index contributed by atoms with van der Waals surface area (Å²) in [7, 11) is 1.24. The van der Waals surface area contributed by atoms with Crippen LogP contribution >= 0.6 is 11.6 Å². The molecule has 0 saturated heterocycles. The van der Waals surface area contributed by atoms with Gasteiger partial charge in [0.25, 0.3) is 0 Å². The molecule has 0 amide bonds. The van der Waals surface area contributed by atoms with Crippen LogP contribution in [0.4, 0.5) is 5.69 Å². The van der Waals surface area contributed by atoms with Gasteiger partial charge in [-0.05, 0) is 24.6 Å². The molecule has 2 N–H and O–H groups in total. The summed E-state index contributed by atoms with van der Waals surface area (Å²) in [4.78, 5) is 11.3. The number of aliphatic hydroxyl groups excluding tert-OH is 1. The number of rotatable bonds is 4. The van der Waals surface area contributed by atoms with Crippen LogP contribution in [0, 0.1) is 18.3 Å². The standard InChI is InChI=1S/C12H13ClN2O3/c1-7-9(4-3-8(5-14)11(7)13)15-10(6-16)12(17)18-2/h3-4,10,15-16H,6H2,1-2H3. The van der Waals surface area contributed by atoms with E-state index in [9.17, 15) is 4.79 Å². The van der Waals surface area contributed by atoms with Crippen molar-refractivity contribution >= 4 is 23.3 Å². The molecular weight excluding hydrogens is 256 g/mol. The Balaban J connectivity index is 3.02. The van der Waals surface area contributed by atoms with Gasteiger partial charge >= 0.3 is 5.97 Å². The lowest BCUT2D eigenvalue weighted by atomic mass is 10.1. The molecule has 0 aromatic heterocycles. The lowest BCUT2D eigenvalue weighted by Crippen LogP contribution is -2.34. The zero-order chi connectivity index (χ0) is 13.7. The number of ether oxygens (including phenoxy) is 1. The van der Waals surface area contributed by atoms with Crippen LogP contribution in [-0.2, 0) is 9.53 Å². The summed E-state index contributed by atoms with van der Waals surface area (Å²) in [5.74, 6) is -0.572. The van der Waals surface area contributed by atoms with Crippen LogP contribution in [0.15, 0.2) is 12.1 Å². The van der Waals surface area contributed by atoms with E-state index in [-0.39, 0.29) is 0 Å². The Morgan fingerprint density at radius 2 is 2.33 bits per heavy atom. The molecule has 1 atom stereocenters. The fourth-order valence-corrected chi connectivity index (χ4v) is 1.64. The zero-order valence-corrected chi connectivity index (χ0v) is 10.8. The van der Waals surface area contributed by atoms with Crippen LogP contribution in [0.25, 0.3) is 0 Å². The molecular formula is C12H13ClN2O3. The quantitative estimate of drug-likeness (QED) is 0.808. The van der Waals surface area contributed by atoms with Crippen LogP contribution in [0.5, 0.6) is 0 Å². The van der Waals surface area contributed by atoms with E-state index in [0.717, 1.165) is 0 Å². The predicted molar refractivity (Wildman–Crippen MR) is 67.4 cm³/mol. The number of esters is 1. The molecule has 0 fully saturated rings. The van der Waals surface area contributed by atoms with Crippen molar-refractivity contribution in [2.24, 2.45) is 0 Å². The summed E-state index contributed by atoms with van der Waals surface area (Å²) < 4.78 is 4.54. The highest BCUT2D eigenvalue weighted by Gasteiger charge is 2.19. The summed E-state index contributed by atoms with van der Waals surface area (Å²) in [5.41, 5.74) is 1.57. The molecule has 0 aliphatic rings. The van der Waals surface area contributed by atoms with Gasteiger partial charge in [-0.1, -0.05) is 11.6 Å². The minimum absolute atomic E-state index is 0.323. The monoisotopic (exact) mass is 268 g/mol. The Hall–Kier alpha value is -1.77. The lowest BCUT2D eigenvalue weighted by molar-refractivity contribution is -0.142. The first kappa shape index (κ1) is 14.3. The smallest absolute Gasteiger partial charge is 0.330 e. The highest BCUT2D eigenvalue weighted by atomic mass is 35.5. The highest BCUT2D eigenvalue weighted by molar-refractivity contribution is 6.32. The van der Waals surface area contributed by atoms with E-state index in [1.807, 2.05) is 6.07 Å². The largest absolute Gasteiger partial charge is 0.467 e. The lowest BCUT2D eigenvalue weighted by Gasteiger charge is -2.17. The normalized spacial score (nSPS) is 11.5. The van der Waals surface area contributed by atoms with Gasteiger partial charge in [0.2, 0.25) is 0 Å². The van der Waals surface area contributed by atoms with Gasteiger partial charge in [0.15, 0.2) is 0 Å². The molecule has 1 aromatic rings. The maximum atomic E-state index is 11.3. The first-order chi connectivity index (χ1) is 8.54. The summed E-state index contributed by atoms with van der Waals surface area (Å²) in [6.45, 7) is 1.32. The summed E-state index contributed by atoms with van der Waals surface area (Å²) in [5, 5.41) is 21.1. The number of carbonyl (C=O) groups excluding carboxylic acids is 1. The number of aliphatic hydroxyl groups is 1. The van der Waals surface area contributed by atoms with E-state index in [1.165, 1.54) is 7.11 Å². The van der Waals surface area contributed by atoms with Crippen molar-refractivity contribution in [3.63, 3.8) is 0 Å². The maximum absolute atomic E-state index is 11.3. The number of nitriles is 1. The number of carbonyl (C=O) groups is 1.